The van der Waals surface area contributed by atoms with Crippen molar-refractivity contribution in [1.29, 1.82) is 0 Å². The highest BCUT2D eigenvalue weighted by Gasteiger charge is 2.25. The van der Waals surface area contributed by atoms with E-state index in [0.717, 1.165) is 5.56 Å². The normalized spacial score (nSPS) is 17.2. The van der Waals surface area contributed by atoms with Crippen LogP contribution >= 0.6 is 0 Å². The van der Waals surface area contributed by atoms with E-state index in [1.165, 1.54) is 4.68 Å². The zero-order chi connectivity index (χ0) is 18.6. The molecule has 138 valence electrons. The van der Waals surface area contributed by atoms with E-state index < -0.39 is 0 Å². The average molecular weight is 364 g/mol. The van der Waals surface area contributed by atoms with Crippen molar-refractivity contribution in [3.63, 3.8) is 0 Å². The molecule has 7 heteroatoms. The molecule has 0 bridgehead atoms. The highest BCUT2D eigenvalue weighted by atomic mass is 16.5. The lowest BCUT2D eigenvalue weighted by Gasteiger charge is -2.33. The lowest BCUT2D eigenvalue weighted by atomic mass is 10.1. The number of carbonyl (C=O) groups is 1. The van der Waals surface area contributed by atoms with Gasteiger partial charge in [-0.3, -0.25) is 9.59 Å². The minimum Gasteiger partial charge on any atom is -0.370 e. The van der Waals surface area contributed by atoms with Crippen molar-refractivity contribution in [2.45, 2.75) is 19.1 Å². The number of hydrogen-bond donors (Lipinski definition) is 0. The van der Waals surface area contributed by atoms with Crippen molar-refractivity contribution >= 4 is 16.8 Å². The molecule has 1 aliphatic heterocycles. The summed E-state index contributed by atoms with van der Waals surface area (Å²) in [6, 6.07) is 17.0. The first kappa shape index (κ1) is 17.4. The number of morpholine rings is 1. The Morgan fingerprint density at radius 1 is 1.11 bits per heavy atom. The quantitative estimate of drug-likeness (QED) is 0.705. The number of hydrogen-bond acceptors (Lipinski definition) is 5. The Bertz CT molecular complexity index is 1000. The fourth-order valence-corrected chi connectivity index (χ4v) is 3.27. The highest BCUT2D eigenvalue weighted by molar-refractivity contribution is 5.77. The molecule has 7 nitrogen and oxygen atoms in total. The molecule has 1 fully saturated rings. The van der Waals surface area contributed by atoms with E-state index in [9.17, 15) is 9.59 Å². The van der Waals surface area contributed by atoms with Gasteiger partial charge in [-0.25, -0.2) is 4.68 Å². The number of rotatable bonds is 4. The van der Waals surface area contributed by atoms with Gasteiger partial charge in [0.2, 0.25) is 5.91 Å². The van der Waals surface area contributed by atoms with E-state index in [1.807, 2.05) is 36.4 Å². The highest BCUT2D eigenvalue weighted by Crippen LogP contribution is 2.22. The predicted octanol–water partition coefficient (Wildman–Crippen LogP) is 1.78. The molecule has 0 saturated carbocycles. The van der Waals surface area contributed by atoms with Gasteiger partial charge >= 0.3 is 0 Å². The summed E-state index contributed by atoms with van der Waals surface area (Å²) in [4.78, 5) is 26.9. The molecule has 0 radical (unpaired) electrons. The van der Waals surface area contributed by atoms with E-state index in [-0.39, 0.29) is 30.5 Å². The van der Waals surface area contributed by atoms with Crippen molar-refractivity contribution in [3.8, 4) is 0 Å². The molecule has 1 saturated heterocycles. The van der Waals surface area contributed by atoms with E-state index in [0.29, 0.717) is 30.6 Å². The second-order valence-electron chi connectivity index (χ2n) is 6.49. The first-order chi connectivity index (χ1) is 13.2. The number of carbonyl (C=O) groups excluding carboxylic acids is 1. The minimum atomic E-state index is -0.225. The fourth-order valence-electron chi connectivity index (χ4n) is 3.27. The third-order valence-corrected chi connectivity index (χ3v) is 4.76. The van der Waals surface area contributed by atoms with Crippen LogP contribution in [0.15, 0.2) is 59.4 Å². The number of aromatic nitrogens is 3. The molecule has 0 aliphatic carbocycles. The molecule has 1 aliphatic rings. The van der Waals surface area contributed by atoms with Crippen molar-refractivity contribution in [2.24, 2.45) is 0 Å². The lowest BCUT2D eigenvalue weighted by Crippen LogP contribution is -2.42. The zero-order valence-corrected chi connectivity index (χ0v) is 14.8. The third-order valence-electron chi connectivity index (χ3n) is 4.76. The van der Waals surface area contributed by atoms with Gasteiger partial charge in [0, 0.05) is 13.0 Å². The van der Waals surface area contributed by atoms with E-state index in [2.05, 4.69) is 10.3 Å². The van der Waals surface area contributed by atoms with E-state index in [1.54, 1.807) is 23.1 Å². The second kappa shape index (κ2) is 7.67. The van der Waals surface area contributed by atoms with Gasteiger partial charge in [0.05, 0.1) is 25.1 Å². The summed E-state index contributed by atoms with van der Waals surface area (Å²) in [7, 11) is 0. The maximum atomic E-state index is 12.6. The van der Waals surface area contributed by atoms with Crippen molar-refractivity contribution in [2.75, 3.05) is 19.7 Å². The lowest BCUT2D eigenvalue weighted by molar-refractivity contribution is -0.139. The fraction of sp³-hybridized carbons (Fsp3) is 0.300. The number of aryl methyl sites for hydroxylation is 1. The minimum absolute atomic E-state index is 0.0129. The van der Waals surface area contributed by atoms with E-state index >= 15 is 0 Å². The maximum Gasteiger partial charge on any atom is 0.277 e. The van der Waals surface area contributed by atoms with Gasteiger partial charge in [-0.1, -0.05) is 47.7 Å². The molecule has 1 amide bonds. The monoisotopic (exact) mass is 364 g/mol. The van der Waals surface area contributed by atoms with Crippen LogP contribution in [0.5, 0.6) is 0 Å². The van der Waals surface area contributed by atoms with Crippen LogP contribution in [0.25, 0.3) is 10.9 Å². The molecule has 1 unspecified atom stereocenters. The molecular weight excluding hydrogens is 344 g/mol. The Labute approximate surface area is 156 Å². The van der Waals surface area contributed by atoms with Crippen molar-refractivity contribution in [1.82, 2.24) is 19.9 Å². The van der Waals surface area contributed by atoms with E-state index in [4.69, 9.17) is 4.74 Å². The van der Waals surface area contributed by atoms with Crippen LogP contribution in [0, 0.1) is 0 Å². The summed E-state index contributed by atoms with van der Waals surface area (Å²) in [6.07, 6.45) is 0.0844. The molecule has 2 heterocycles. The summed E-state index contributed by atoms with van der Waals surface area (Å²) in [5, 5.41) is 8.51. The van der Waals surface area contributed by atoms with Gasteiger partial charge < -0.3 is 9.64 Å². The summed E-state index contributed by atoms with van der Waals surface area (Å²) in [5.74, 6) is -0.0129. The van der Waals surface area contributed by atoms with Gasteiger partial charge in [-0.15, -0.1) is 5.10 Å². The topological polar surface area (TPSA) is 77.3 Å². The standard InChI is InChI=1S/C20H20N4O3/c25-19(23-12-13-27-18(14-23)15-6-2-1-3-7-15)10-11-24-20(26)16-8-4-5-9-17(16)21-22-24/h1-9,18H,10-14H2. The molecule has 27 heavy (non-hydrogen) atoms. The average Bonchev–Trinajstić information content (AvgIpc) is 2.74. The number of nitrogens with zero attached hydrogens (tertiary/aromatic N) is 4. The predicted molar refractivity (Wildman–Crippen MR) is 100 cm³/mol. The Morgan fingerprint density at radius 3 is 2.74 bits per heavy atom. The number of benzene rings is 2. The van der Waals surface area contributed by atoms with Gasteiger partial charge in [0.1, 0.15) is 11.6 Å². The van der Waals surface area contributed by atoms with Crippen LogP contribution in [0.3, 0.4) is 0 Å². The molecule has 1 aromatic heterocycles. The van der Waals surface area contributed by atoms with Gasteiger partial charge in [-0.2, -0.15) is 0 Å². The molecule has 0 N–H and O–H groups in total. The van der Waals surface area contributed by atoms with Gasteiger partial charge in [0.15, 0.2) is 0 Å². The van der Waals surface area contributed by atoms with Crippen LogP contribution in [0.1, 0.15) is 18.1 Å². The molecule has 4 rings (SSSR count). The Balaban J connectivity index is 1.42. The van der Waals surface area contributed by atoms with Crippen LogP contribution in [-0.4, -0.2) is 45.5 Å². The van der Waals surface area contributed by atoms with Crippen LogP contribution in [0.4, 0.5) is 0 Å². The smallest absolute Gasteiger partial charge is 0.277 e. The molecule has 1 atom stereocenters. The van der Waals surface area contributed by atoms with Crippen LogP contribution in [0.2, 0.25) is 0 Å². The van der Waals surface area contributed by atoms with Crippen molar-refractivity contribution < 1.29 is 9.53 Å². The Hall–Kier alpha value is -3.06. The summed E-state index contributed by atoms with van der Waals surface area (Å²) in [5.41, 5.74) is 1.40. The zero-order valence-electron chi connectivity index (χ0n) is 14.8. The molecule has 2 aromatic carbocycles. The third kappa shape index (κ3) is 3.73. The number of ether oxygens (including phenoxy) is 1. The van der Waals surface area contributed by atoms with Gasteiger partial charge in [0.25, 0.3) is 5.56 Å². The summed E-state index contributed by atoms with van der Waals surface area (Å²) < 4.78 is 7.06. The Morgan fingerprint density at radius 2 is 1.89 bits per heavy atom. The first-order valence-corrected chi connectivity index (χ1v) is 8.99. The molecule has 3 aromatic rings. The van der Waals surface area contributed by atoms with Gasteiger partial charge in [-0.05, 0) is 17.7 Å². The second-order valence-corrected chi connectivity index (χ2v) is 6.49. The summed E-state index contributed by atoms with van der Waals surface area (Å²) >= 11 is 0. The SMILES string of the molecule is O=C(CCn1nnc2ccccc2c1=O)N1CCOC(c2ccccc2)C1. The maximum absolute atomic E-state index is 12.6. The van der Waals surface area contributed by atoms with Crippen LogP contribution < -0.4 is 5.56 Å². The van der Waals surface area contributed by atoms with Crippen LogP contribution in [-0.2, 0) is 16.1 Å². The number of fused-ring (bicyclic) bond motifs is 1. The Kier molecular flexibility index (Phi) is 4.93. The number of amides is 1. The summed E-state index contributed by atoms with van der Waals surface area (Å²) in [6.45, 7) is 1.78. The molecular formula is C20H20N4O3. The van der Waals surface area contributed by atoms with Crippen molar-refractivity contribution in [3.05, 3.63) is 70.5 Å². The molecule has 0 spiro atoms. The largest absolute Gasteiger partial charge is 0.370 e. The first-order valence-electron chi connectivity index (χ1n) is 8.99.